The molecule has 0 aliphatic carbocycles. The van der Waals surface area contributed by atoms with Crippen LogP contribution in [0.25, 0.3) is 10.6 Å². The Morgan fingerprint density at radius 2 is 1.97 bits per heavy atom. The van der Waals surface area contributed by atoms with Crippen LogP contribution in [-0.4, -0.2) is 65.4 Å². The molecule has 1 saturated heterocycles. The Morgan fingerprint density at radius 3 is 2.71 bits per heavy atom. The van der Waals surface area contributed by atoms with Crippen LogP contribution in [0.2, 0.25) is 0 Å². The topological polar surface area (TPSA) is 103 Å². The van der Waals surface area contributed by atoms with Gasteiger partial charge in [-0.15, -0.1) is 0 Å². The molecule has 0 spiro atoms. The molecular weight excluding hydrogens is 450 g/mol. The molecule has 4 heterocycles. The summed E-state index contributed by atoms with van der Waals surface area (Å²) in [5, 5.41) is 6.74. The number of carbonyl (C=O) groups excluding carboxylic acids is 2. The highest BCUT2D eigenvalue weighted by atomic mass is 32.1. The zero-order valence-electron chi connectivity index (χ0n) is 19.6. The first-order valence-electron chi connectivity index (χ1n) is 11.3. The number of likely N-dealkylation sites (N-methyl/N-ethyl adjacent to an activating group) is 2. The zero-order valence-corrected chi connectivity index (χ0v) is 20.4. The van der Waals surface area contributed by atoms with Crippen LogP contribution >= 0.6 is 11.3 Å². The predicted octanol–water partition coefficient (Wildman–Crippen LogP) is 3.07. The molecule has 1 fully saturated rings. The Kier molecular flexibility index (Phi) is 7.36. The van der Waals surface area contributed by atoms with Gasteiger partial charge >= 0.3 is 0 Å². The number of nitrogens with zero attached hydrogens (tertiary/aromatic N) is 5. The number of piperidine rings is 1. The van der Waals surface area contributed by atoms with Gasteiger partial charge in [0.05, 0.1) is 17.1 Å². The van der Waals surface area contributed by atoms with E-state index in [9.17, 15) is 9.59 Å². The number of nitrogens with one attached hydrogen (secondary N) is 2. The molecule has 3 aromatic rings. The smallest absolute Gasteiger partial charge is 0.239 e. The number of aryl methyl sites for hydroxylation is 1. The molecule has 0 radical (unpaired) electrons. The van der Waals surface area contributed by atoms with Crippen LogP contribution < -0.4 is 15.5 Å². The quantitative estimate of drug-likeness (QED) is 0.537. The Bertz CT molecular complexity index is 1160. The second-order valence-electron chi connectivity index (χ2n) is 8.39. The van der Waals surface area contributed by atoms with Gasteiger partial charge in [0.1, 0.15) is 11.6 Å². The number of hydrogen-bond donors (Lipinski definition) is 2. The van der Waals surface area contributed by atoms with Gasteiger partial charge < -0.3 is 20.4 Å². The lowest BCUT2D eigenvalue weighted by Gasteiger charge is -2.32. The summed E-state index contributed by atoms with van der Waals surface area (Å²) in [6, 6.07) is 9.78. The molecule has 1 aliphatic rings. The normalized spacial score (nSPS) is 14.0. The van der Waals surface area contributed by atoms with Gasteiger partial charge in [-0.2, -0.15) is 0 Å². The highest BCUT2D eigenvalue weighted by Gasteiger charge is 2.29. The van der Waals surface area contributed by atoms with Crippen LogP contribution in [0.15, 0.2) is 42.7 Å². The number of amides is 2. The number of pyridine rings is 2. The molecular formula is C24H29N7O2S. The monoisotopic (exact) mass is 479 g/mol. The van der Waals surface area contributed by atoms with Crippen molar-refractivity contribution in [3.8, 4) is 10.6 Å². The third kappa shape index (κ3) is 5.69. The van der Waals surface area contributed by atoms with Crippen molar-refractivity contribution in [2.45, 2.75) is 19.8 Å². The van der Waals surface area contributed by atoms with Gasteiger partial charge in [0.25, 0.3) is 0 Å². The summed E-state index contributed by atoms with van der Waals surface area (Å²) in [7, 11) is 3.26. The highest BCUT2D eigenvalue weighted by Crippen LogP contribution is 2.33. The number of hydrogen-bond acceptors (Lipinski definition) is 8. The third-order valence-electron chi connectivity index (χ3n) is 5.82. The highest BCUT2D eigenvalue weighted by molar-refractivity contribution is 7.18. The largest absolute Gasteiger partial charge is 0.358 e. The molecule has 0 atom stereocenters. The number of carbonyl (C=O) groups is 2. The maximum atomic E-state index is 12.7. The maximum absolute atomic E-state index is 12.7. The molecule has 10 heteroatoms. The van der Waals surface area contributed by atoms with E-state index in [1.165, 1.54) is 4.90 Å². The van der Waals surface area contributed by atoms with E-state index < -0.39 is 0 Å². The van der Waals surface area contributed by atoms with E-state index >= 15 is 0 Å². The standard InChI is InChI=1S/C24H29N7O2S/c1-16-7-10-26-21(13-16)29-20-6-4-5-18(28-20)19-14-27-24(34-19)31-11-8-17(9-12-31)23(33)30(3)15-22(32)25-2/h4-7,10,13-14,17H,8-9,11-12,15H2,1-3H3,(H,25,32)(H,26,28,29). The fraction of sp³-hybridized carbons (Fsp3) is 0.375. The van der Waals surface area contributed by atoms with Crippen LogP contribution in [-0.2, 0) is 9.59 Å². The van der Waals surface area contributed by atoms with Crippen molar-refractivity contribution < 1.29 is 9.59 Å². The van der Waals surface area contributed by atoms with E-state index in [1.807, 2.05) is 43.5 Å². The second-order valence-corrected chi connectivity index (χ2v) is 9.40. The minimum absolute atomic E-state index is 0.0275. The van der Waals surface area contributed by atoms with Gasteiger partial charge in [0.15, 0.2) is 5.13 Å². The lowest BCUT2D eigenvalue weighted by Crippen LogP contribution is -2.44. The first-order chi connectivity index (χ1) is 16.4. The van der Waals surface area contributed by atoms with Crippen LogP contribution in [0.5, 0.6) is 0 Å². The summed E-state index contributed by atoms with van der Waals surface area (Å²) < 4.78 is 0. The first-order valence-corrected chi connectivity index (χ1v) is 12.1. The van der Waals surface area contributed by atoms with Gasteiger partial charge in [0.2, 0.25) is 11.8 Å². The van der Waals surface area contributed by atoms with Gasteiger partial charge in [0, 0.05) is 45.5 Å². The summed E-state index contributed by atoms with van der Waals surface area (Å²) in [4.78, 5) is 42.6. The van der Waals surface area contributed by atoms with E-state index in [1.54, 1.807) is 31.6 Å². The molecule has 9 nitrogen and oxygen atoms in total. The predicted molar refractivity (Wildman–Crippen MR) is 134 cm³/mol. The maximum Gasteiger partial charge on any atom is 0.239 e. The Morgan fingerprint density at radius 1 is 1.18 bits per heavy atom. The van der Waals surface area contributed by atoms with Crippen LogP contribution in [0, 0.1) is 12.8 Å². The van der Waals surface area contributed by atoms with E-state index in [4.69, 9.17) is 4.98 Å². The molecule has 4 rings (SSSR count). The van der Waals surface area contributed by atoms with Gasteiger partial charge in [-0.05, 0) is 49.6 Å². The molecule has 2 N–H and O–H groups in total. The van der Waals surface area contributed by atoms with Crippen molar-refractivity contribution in [1.82, 2.24) is 25.2 Å². The molecule has 2 amide bonds. The fourth-order valence-corrected chi connectivity index (χ4v) is 4.85. The molecule has 34 heavy (non-hydrogen) atoms. The number of thiazole rings is 1. The minimum Gasteiger partial charge on any atom is -0.358 e. The molecule has 0 bridgehead atoms. The van der Waals surface area contributed by atoms with E-state index in [2.05, 4.69) is 25.5 Å². The number of rotatable bonds is 7. The average molecular weight is 480 g/mol. The van der Waals surface area contributed by atoms with Gasteiger partial charge in [-0.25, -0.2) is 15.0 Å². The van der Waals surface area contributed by atoms with E-state index in [0.29, 0.717) is 0 Å². The lowest BCUT2D eigenvalue weighted by molar-refractivity contribution is -0.138. The number of anilines is 3. The molecule has 0 aromatic carbocycles. The lowest BCUT2D eigenvalue weighted by atomic mass is 9.95. The molecule has 0 saturated carbocycles. The molecule has 3 aromatic heterocycles. The first kappa shape index (κ1) is 23.6. The van der Waals surface area contributed by atoms with Crippen molar-refractivity contribution in [2.24, 2.45) is 5.92 Å². The minimum atomic E-state index is -0.161. The Labute approximate surface area is 203 Å². The van der Waals surface area contributed by atoms with Crippen LogP contribution in [0.1, 0.15) is 18.4 Å². The Hall–Kier alpha value is -3.53. The van der Waals surface area contributed by atoms with Crippen molar-refractivity contribution in [2.75, 3.05) is 43.9 Å². The van der Waals surface area contributed by atoms with Crippen molar-refractivity contribution >= 4 is 39.9 Å². The SMILES string of the molecule is CNC(=O)CN(C)C(=O)C1CCN(c2ncc(-c3cccc(Nc4cc(C)ccn4)n3)s2)CC1. The van der Waals surface area contributed by atoms with Crippen molar-refractivity contribution in [3.63, 3.8) is 0 Å². The summed E-state index contributed by atoms with van der Waals surface area (Å²) in [5.74, 6) is 1.29. The van der Waals surface area contributed by atoms with Crippen molar-refractivity contribution in [1.29, 1.82) is 0 Å². The summed E-state index contributed by atoms with van der Waals surface area (Å²) in [6.07, 6.45) is 5.11. The second kappa shape index (κ2) is 10.6. The third-order valence-corrected chi connectivity index (χ3v) is 6.90. The summed E-state index contributed by atoms with van der Waals surface area (Å²) in [5.41, 5.74) is 1.98. The van der Waals surface area contributed by atoms with Gasteiger partial charge in [-0.1, -0.05) is 17.4 Å². The number of aromatic nitrogens is 3. The Balaban J connectivity index is 1.37. The average Bonchev–Trinajstić information content (AvgIpc) is 3.34. The van der Waals surface area contributed by atoms with Crippen LogP contribution in [0.4, 0.5) is 16.8 Å². The molecule has 0 unspecified atom stereocenters. The van der Waals surface area contributed by atoms with Crippen LogP contribution in [0.3, 0.4) is 0 Å². The molecule has 178 valence electrons. The van der Waals surface area contributed by atoms with Crippen molar-refractivity contribution in [3.05, 3.63) is 48.3 Å². The van der Waals surface area contributed by atoms with E-state index in [0.717, 1.165) is 58.8 Å². The molecule has 1 aliphatic heterocycles. The summed E-state index contributed by atoms with van der Waals surface area (Å²) in [6.45, 7) is 3.63. The fourth-order valence-electron chi connectivity index (χ4n) is 3.91. The zero-order chi connectivity index (χ0) is 24.1. The van der Waals surface area contributed by atoms with Gasteiger partial charge in [-0.3, -0.25) is 9.59 Å². The summed E-state index contributed by atoms with van der Waals surface area (Å²) >= 11 is 1.60. The van der Waals surface area contributed by atoms with E-state index in [-0.39, 0.29) is 24.3 Å².